The van der Waals surface area contributed by atoms with Crippen LogP contribution in [0.15, 0.2) is 0 Å². The van der Waals surface area contributed by atoms with E-state index >= 15 is 0 Å². The van der Waals surface area contributed by atoms with E-state index in [2.05, 4.69) is 0 Å². The van der Waals surface area contributed by atoms with E-state index in [0.29, 0.717) is 6.42 Å². The monoisotopic (exact) mass is 184 g/mol. The Bertz CT molecular complexity index is 279. The smallest absolute Gasteiger partial charge is 0.324 e. The van der Waals surface area contributed by atoms with Gasteiger partial charge < -0.3 is 9.84 Å². The first-order valence-corrected chi connectivity index (χ1v) is 4.50. The van der Waals surface area contributed by atoms with Crippen molar-refractivity contribution in [2.45, 2.75) is 26.2 Å². The van der Waals surface area contributed by atoms with Gasteiger partial charge in [-0.15, -0.1) is 0 Å². The summed E-state index contributed by atoms with van der Waals surface area (Å²) in [6, 6.07) is 0. The van der Waals surface area contributed by atoms with Crippen LogP contribution >= 0.6 is 0 Å². The normalized spacial score (nSPS) is 32.7. The summed E-state index contributed by atoms with van der Waals surface area (Å²) in [5, 5.41) is 8.98. The third-order valence-electron chi connectivity index (χ3n) is 3.23. The first-order chi connectivity index (χ1) is 6.09. The van der Waals surface area contributed by atoms with Gasteiger partial charge in [-0.1, -0.05) is 0 Å². The van der Waals surface area contributed by atoms with Gasteiger partial charge in [-0.3, -0.25) is 9.59 Å². The van der Waals surface area contributed by atoms with Crippen molar-refractivity contribution in [3.63, 3.8) is 0 Å². The quantitative estimate of drug-likeness (QED) is 0.520. The Balaban J connectivity index is 2.17. The Hall–Kier alpha value is -1.06. The maximum absolute atomic E-state index is 11.4. The largest absolute Gasteiger partial charge is 0.480 e. The van der Waals surface area contributed by atoms with Gasteiger partial charge in [0.25, 0.3) is 0 Å². The molecule has 2 aliphatic rings. The summed E-state index contributed by atoms with van der Waals surface area (Å²) in [5.41, 5.74) is -1.39. The van der Waals surface area contributed by atoms with E-state index in [1.54, 1.807) is 6.92 Å². The molecule has 2 rings (SSSR count). The summed E-state index contributed by atoms with van der Waals surface area (Å²) >= 11 is 0. The van der Waals surface area contributed by atoms with Gasteiger partial charge in [-0.05, 0) is 31.6 Å². The number of esters is 1. The van der Waals surface area contributed by atoms with E-state index in [-0.39, 0.29) is 12.0 Å². The van der Waals surface area contributed by atoms with Crippen molar-refractivity contribution in [2.24, 2.45) is 10.8 Å². The molecule has 0 aromatic rings. The van der Waals surface area contributed by atoms with Gasteiger partial charge in [0.1, 0.15) is 0 Å². The average molecular weight is 184 g/mol. The molecular weight excluding hydrogens is 172 g/mol. The van der Waals surface area contributed by atoms with Crippen LogP contribution in [0.4, 0.5) is 0 Å². The second-order valence-corrected chi connectivity index (χ2v) is 3.89. The van der Waals surface area contributed by atoms with E-state index in [1.807, 2.05) is 0 Å². The van der Waals surface area contributed by atoms with Gasteiger partial charge in [0, 0.05) is 0 Å². The van der Waals surface area contributed by atoms with Crippen LogP contribution in [0.5, 0.6) is 0 Å². The molecular formula is C9H12O4. The molecule has 1 N–H and O–H groups in total. The van der Waals surface area contributed by atoms with Crippen molar-refractivity contribution < 1.29 is 19.4 Å². The third kappa shape index (κ3) is 0.857. The van der Waals surface area contributed by atoms with Crippen LogP contribution in [0, 0.1) is 10.8 Å². The minimum absolute atomic E-state index is 0.217. The Labute approximate surface area is 75.9 Å². The first kappa shape index (κ1) is 8.53. The van der Waals surface area contributed by atoms with Gasteiger partial charge in [-0.2, -0.15) is 0 Å². The zero-order chi connectivity index (χ0) is 9.69. The molecule has 2 aliphatic carbocycles. The van der Waals surface area contributed by atoms with E-state index in [0.717, 1.165) is 12.8 Å². The first-order valence-electron chi connectivity index (χ1n) is 4.50. The van der Waals surface area contributed by atoms with Gasteiger partial charge in [0.05, 0.1) is 6.61 Å². The highest BCUT2D eigenvalue weighted by Crippen LogP contribution is 2.79. The molecule has 0 aliphatic heterocycles. The van der Waals surface area contributed by atoms with Crippen molar-refractivity contribution in [3.8, 4) is 0 Å². The minimum Gasteiger partial charge on any atom is -0.480 e. The van der Waals surface area contributed by atoms with Crippen LogP contribution < -0.4 is 0 Å². The van der Waals surface area contributed by atoms with Crippen LogP contribution in [0.3, 0.4) is 0 Å². The van der Waals surface area contributed by atoms with Crippen molar-refractivity contribution in [1.29, 1.82) is 0 Å². The van der Waals surface area contributed by atoms with Crippen LogP contribution in [0.2, 0.25) is 0 Å². The van der Waals surface area contributed by atoms with Crippen LogP contribution in [0.1, 0.15) is 26.2 Å². The van der Waals surface area contributed by atoms with Crippen molar-refractivity contribution in [1.82, 2.24) is 0 Å². The molecule has 0 aromatic carbocycles. The number of hydrogen-bond donors (Lipinski definition) is 1. The molecule has 1 atom stereocenters. The van der Waals surface area contributed by atoms with Crippen molar-refractivity contribution in [3.05, 3.63) is 0 Å². The summed E-state index contributed by atoms with van der Waals surface area (Å²) in [7, 11) is 0. The maximum Gasteiger partial charge on any atom is 0.324 e. The number of carbonyl (C=O) groups is 2. The molecule has 72 valence electrons. The lowest BCUT2D eigenvalue weighted by molar-refractivity contribution is -0.162. The highest BCUT2D eigenvalue weighted by molar-refractivity contribution is 6.04. The van der Waals surface area contributed by atoms with E-state index in [4.69, 9.17) is 9.84 Å². The fourth-order valence-electron chi connectivity index (χ4n) is 2.15. The topological polar surface area (TPSA) is 63.6 Å². The number of carboxylic acids is 1. The Morgan fingerprint density at radius 3 is 2.38 bits per heavy atom. The van der Waals surface area contributed by atoms with E-state index in [9.17, 15) is 9.59 Å². The number of carbonyl (C=O) groups excluding carboxylic acids is 1. The molecule has 0 bridgehead atoms. The zero-order valence-corrected chi connectivity index (χ0v) is 7.50. The summed E-state index contributed by atoms with van der Waals surface area (Å²) in [4.78, 5) is 22.4. The van der Waals surface area contributed by atoms with Gasteiger partial charge in [0.2, 0.25) is 0 Å². The lowest BCUT2D eigenvalue weighted by Crippen LogP contribution is -2.30. The summed E-state index contributed by atoms with van der Waals surface area (Å²) in [6.07, 6.45) is 2.20. The average Bonchev–Trinajstić information content (AvgIpc) is 2.92. The number of rotatable bonds is 3. The molecule has 4 heteroatoms. The number of hydrogen-bond acceptors (Lipinski definition) is 3. The van der Waals surface area contributed by atoms with Crippen molar-refractivity contribution in [2.75, 3.05) is 6.61 Å². The molecule has 0 heterocycles. The summed E-state index contributed by atoms with van der Waals surface area (Å²) in [6.45, 7) is 1.94. The lowest BCUT2D eigenvalue weighted by atomic mass is 10.0. The molecule has 0 radical (unpaired) electrons. The van der Waals surface area contributed by atoms with Gasteiger partial charge >= 0.3 is 11.9 Å². The molecule has 13 heavy (non-hydrogen) atoms. The molecule has 2 fully saturated rings. The molecule has 0 saturated heterocycles. The molecule has 0 aromatic heterocycles. The summed E-state index contributed by atoms with van der Waals surface area (Å²) in [5.74, 6) is -1.55. The zero-order valence-electron chi connectivity index (χ0n) is 7.50. The fraction of sp³-hybridized carbons (Fsp3) is 0.778. The lowest BCUT2D eigenvalue weighted by Gasteiger charge is -2.09. The number of carboxylic acid groups (broad SMARTS) is 1. The summed E-state index contributed by atoms with van der Waals surface area (Å²) < 4.78 is 4.79. The predicted octanol–water partition coefficient (Wildman–Crippen LogP) is 0.804. The SMILES string of the molecule is CCOC(=O)[C@]1(C(=O)O)CC12CC2. The molecule has 0 amide bonds. The molecule has 4 nitrogen and oxygen atoms in total. The molecule has 2 saturated carbocycles. The Kier molecular flexibility index (Phi) is 1.47. The van der Waals surface area contributed by atoms with Gasteiger partial charge in [0.15, 0.2) is 5.41 Å². The number of aliphatic carboxylic acids is 1. The van der Waals surface area contributed by atoms with E-state index in [1.165, 1.54) is 0 Å². The van der Waals surface area contributed by atoms with Gasteiger partial charge in [-0.25, -0.2) is 0 Å². The van der Waals surface area contributed by atoms with E-state index < -0.39 is 17.4 Å². The second-order valence-electron chi connectivity index (χ2n) is 3.89. The highest BCUT2D eigenvalue weighted by atomic mass is 16.5. The molecule has 1 spiro atoms. The maximum atomic E-state index is 11.4. The van der Waals surface area contributed by atoms with Crippen LogP contribution in [-0.4, -0.2) is 23.7 Å². The van der Waals surface area contributed by atoms with Crippen molar-refractivity contribution >= 4 is 11.9 Å². The predicted molar refractivity (Wildman–Crippen MR) is 43.0 cm³/mol. The highest BCUT2D eigenvalue weighted by Gasteiger charge is 2.83. The fourth-order valence-corrected chi connectivity index (χ4v) is 2.15. The number of ether oxygens (including phenoxy) is 1. The van der Waals surface area contributed by atoms with Crippen LogP contribution in [-0.2, 0) is 14.3 Å². The minimum atomic E-state index is -1.18. The standard InChI is InChI=1S/C9H12O4/c1-2-13-7(12)9(6(10)11)5-8(9)3-4-8/h2-5H2,1H3,(H,10,11)/t9-/m1/s1. The molecule has 0 unspecified atom stereocenters. The second kappa shape index (κ2) is 2.25. The van der Waals surface area contributed by atoms with Crippen LogP contribution in [0.25, 0.3) is 0 Å². The Morgan fingerprint density at radius 1 is 1.46 bits per heavy atom. The third-order valence-corrected chi connectivity index (χ3v) is 3.23. The Morgan fingerprint density at radius 2 is 2.08 bits per heavy atom.